The van der Waals surface area contributed by atoms with Crippen LogP contribution >= 0.6 is 0 Å². The Bertz CT molecular complexity index is 300. The van der Waals surface area contributed by atoms with Crippen molar-refractivity contribution in [2.24, 2.45) is 0 Å². The SMILES string of the molecule is CCC1(C(=O)NC2(C)CCOC2C)CCCN1. The van der Waals surface area contributed by atoms with Gasteiger partial charge < -0.3 is 15.4 Å². The molecule has 98 valence electrons. The van der Waals surface area contributed by atoms with E-state index in [4.69, 9.17) is 4.74 Å². The lowest BCUT2D eigenvalue weighted by atomic mass is 9.89. The molecule has 0 saturated carbocycles. The van der Waals surface area contributed by atoms with E-state index < -0.39 is 0 Å². The molecule has 2 aliphatic rings. The Morgan fingerprint density at radius 3 is 2.76 bits per heavy atom. The molecule has 2 rings (SSSR count). The normalized spacial score (nSPS) is 41.7. The summed E-state index contributed by atoms with van der Waals surface area (Å²) in [4.78, 5) is 12.5. The van der Waals surface area contributed by atoms with Gasteiger partial charge in [0.1, 0.15) is 0 Å². The van der Waals surface area contributed by atoms with Crippen LogP contribution in [0.3, 0.4) is 0 Å². The molecular weight excluding hydrogens is 216 g/mol. The average molecular weight is 240 g/mol. The topological polar surface area (TPSA) is 50.4 Å². The Morgan fingerprint density at radius 1 is 1.53 bits per heavy atom. The Balaban J connectivity index is 2.05. The second-order valence-electron chi connectivity index (χ2n) is 5.60. The van der Waals surface area contributed by atoms with Crippen molar-refractivity contribution in [3.05, 3.63) is 0 Å². The predicted octanol–water partition coefficient (Wildman–Crippen LogP) is 1.20. The fourth-order valence-corrected chi connectivity index (χ4v) is 2.84. The molecule has 2 heterocycles. The van der Waals surface area contributed by atoms with Gasteiger partial charge in [0, 0.05) is 6.61 Å². The molecule has 2 N–H and O–H groups in total. The number of carbonyl (C=O) groups is 1. The fourth-order valence-electron chi connectivity index (χ4n) is 2.84. The monoisotopic (exact) mass is 240 g/mol. The van der Waals surface area contributed by atoms with Gasteiger partial charge in [-0.15, -0.1) is 0 Å². The molecule has 0 aromatic carbocycles. The summed E-state index contributed by atoms with van der Waals surface area (Å²) < 4.78 is 5.56. The quantitative estimate of drug-likeness (QED) is 0.779. The van der Waals surface area contributed by atoms with Crippen molar-refractivity contribution in [1.29, 1.82) is 0 Å². The van der Waals surface area contributed by atoms with Gasteiger partial charge in [-0.05, 0) is 46.1 Å². The van der Waals surface area contributed by atoms with Crippen LogP contribution in [0.1, 0.15) is 46.5 Å². The van der Waals surface area contributed by atoms with Gasteiger partial charge in [-0.1, -0.05) is 6.92 Å². The maximum atomic E-state index is 12.5. The highest BCUT2D eigenvalue weighted by Gasteiger charge is 2.45. The van der Waals surface area contributed by atoms with Gasteiger partial charge in [0.15, 0.2) is 0 Å². The number of carbonyl (C=O) groups excluding carboxylic acids is 1. The van der Waals surface area contributed by atoms with Gasteiger partial charge in [-0.3, -0.25) is 4.79 Å². The van der Waals surface area contributed by atoms with E-state index in [1.165, 1.54) is 0 Å². The van der Waals surface area contributed by atoms with Crippen molar-refractivity contribution in [2.75, 3.05) is 13.2 Å². The van der Waals surface area contributed by atoms with Crippen LogP contribution in [0.4, 0.5) is 0 Å². The maximum Gasteiger partial charge on any atom is 0.240 e. The number of ether oxygens (including phenoxy) is 1. The molecule has 0 aromatic rings. The molecule has 2 fully saturated rings. The van der Waals surface area contributed by atoms with E-state index in [1.54, 1.807) is 0 Å². The molecule has 0 spiro atoms. The van der Waals surface area contributed by atoms with E-state index >= 15 is 0 Å². The molecule has 0 aliphatic carbocycles. The van der Waals surface area contributed by atoms with E-state index in [1.807, 2.05) is 6.92 Å². The minimum atomic E-state index is -0.342. The zero-order valence-corrected chi connectivity index (χ0v) is 11.1. The molecule has 3 unspecified atom stereocenters. The first-order valence-electron chi connectivity index (χ1n) is 6.72. The Hall–Kier alpha value is -0.610. The number of nitrogens with one attached hydrogen (secondary N) is 2. The summed E-state index contributed by atoms with van der Waals surface area (Å²) in [6, 6.07) is 0. The third-order valence-corrected chi connectivity index (χ3v) is 4.57. The van der Waals surface area contributed by atoms with Crippen LogP contribution in [0.25, 0.3) is 0 Å². The molecule has 0 radical (unpaired) electrons. The third kappa shape index (κ3) is 2.20. The lowest BCUT2D eigenvalue weighted by Crippen LogP contribution is -2.60. The lowest BCUT2D eigenvalue weighted by Gasteiger charge is -2.35. The fraction of sp³-hybridized carbons (Fsp3) is 0.923. The summed E-state index contributed by atoms with van der Waals surface area (Å²) in [6.07, 6.45) is 3.89. The van der Waals surface area contributed by atoms with Crippen LogP contribution in [-0.2, 0) is 9.53 Å². The van der Waals surface area contributed by atoms with E-state index in [0.29, 0.717) is 0 Å². The largest absolute Gasteiger partial charge is 0.376 e. The molecule has 2 aliphatic heterocycles. The minimum Gasteiger partial charge on any atom is -0.376 e. The number of rotatable bonds is 3. The lowest BCUT2D eigenvalue weighted by molar-refractivity contribution is -0.129. The maximum absolute atomic E-state index is 12.5. The molecule has 0 bridgehead atoms. The summed E-state index contributed by atoms with van der Waals surface area (Å²) in [5.41, 5.74) is -0.547. The number of hydrogen-bond acceptors (Lipinski definition) is 3. The summed E-state index contributed by atoms with van der Waals surface area (Å²) in [5, 5.41) is 6.58. The highest BCUT2D eigenvalue weighted by Crippen LogP contribution is 2.29. The van der Waals surface area contributed by atoms with Gasteiger partial charge in [0.25, 0.3) is 0 Å². The minimum absolute atomic E-state index is 0.0989. The third-order valence-electron chi connectivity index (χ3n) is 4.57. The van der Waals surface area contributed by atoms with Crippen LogP contribution in [-0.4, -0.2) is 36.2 Å². The summed E-state index contributed by atoms with van der Waals surface area (Å²) >= 11 is 0. The number of hydrogen-bond donors (Lipinski definition) is 2. The molecule has 4 heteroatoms. The van der Waals surface area contributed by atoms with E-state index in [0.717, 1.165) is 38.8 Å². The summed E-state index contributed by atoms with van der Waals surface area (Å²) in [6.45, 7) is 7.89. The second kappa shape index (κ2) is 4.58. The van der Waals surface area contributed by atoms with Gasteiger partial charge in [-0.2, -0.15) is 0 Å². The van der Waals surface area contributed by atoms with Crippen LogP contribution in [0.2, 0.25) is 0 Å². The molecule has 4 nitrogen and oxygen atoms in total. The standard InChI is InChI=1S/C13H24N2O2/c1-4-13(6-5-8-14-13)11(16)15-12(3)7-9-17-10(12)2/h10,14H,4-9H2,1-3H3,(H,15,16). The van der Waals surface area contributed by atoms with E-state index in [9.17, 15) is 4.79 Å². The predicted molar refractivity (Wildman–Crippen MR) is 66.8 cm³/mol. The van der Waals surface area contributed by atoms with Crippen molar-refractivity contribution >= 4 is 5.91 Å². The first-order valence-corrected chi connectivity index (χ1v) is 6.72. The highest BCUT2D eigenvalue weighted by atomic mass is 16.5. The zero-order valence-electron chi connectivity index (χ0n) is 11.1. The zero-order chi connectivity index (χ0) is 12.5. The van der Waals surface area contributed by atoms with E-state index in [2.05, 4.69) is 24.5 Å². The van der Waals surface area contributed by atoms with Crippen LogP contribution in [0.5, 0.6) is 0 Å². The van der Waals surface area contributed by atoms with Crippen molar-refractivity contribution in [3.63, 3.8) is 0 Å². The first-order chi connectivity index (χ1) is 8.02. The van der Waals surface area contributed by atoms with Crippen molar-refractivity contribution in [1.82, 2.24) is 10.6 Å². The van der Waals surface area contributed by atoms with Gasteiger partial charge in [0.05, 0.1) is 17.2 Å². The Labute approximate surface area is 103 Å². The smallest absolute Gasteiger partial charge is 0.240 e. The molecule has 3 atom stereocenters. The molecule has 0 aromatic heterocycles. The molecular formula is C13H24N2O2. The highest BCUT2D eigenvalue weighted by molar-refractivity contribution is 5.87. The van der Waals surface area contributed by atoms with Gasteiger partial charge >= 0.3 is 0 Å². The van der Waals surface area contributed by atoms with E-state index in [-0.39, 0.29) is 23.1 Å². The van der Waals surface area contributed by atoms with Crippen molar-refractivity contribution < 1.29 is 9.53 Å². The number of amides is 1. The Kier molecular flexibility index (Phi) is 3.46. The van der Waals surface area contributed by atoms with Crippen molar-refractivity contribution in [2.45, 2.75) is 63.6 Å². The van der Waals surface area contributed by atoms with Gasteiger partial charge in [-0.25, -0.2) is 0 Å². The van der Waals surface area contributed by atoms with Crippen molar-refractivity contribution in [3.8, 4) is 0 Å². The molecule has 1 amide bonds. The second-order valence-corrected chi connectivity index (χ2v) is 5.60. The Morgan fingerprint density at radius 2 is 2.29 bits per heavy atom. The summed E-state index contributed by atoms with van der Waals surface area (Å²) in [7, 11) is 0. The van der Waals surface area contributed by atoms with Gasteiger partial charge in [0.2, 0.25) is 5.91 Å². The first kappa shape index (κ1) is 12.8. The van der Waals surface area contributed by atoms with Crippen LogP contribution in [0, 0.1) is 0 Å². The average Bonchev–Trinajstić information content (AvgIpc) is 2.88. The summed E-state index contributed by atoms with van der Waals surface area (Å²) in [5.74, 6) is 0.150. The molecule has 17 heavy (non-hydrogen) atoms. The molecule has 2 saturated heterocycles. The van der Waals surface area contributed by atoms with Crippen LogP contribution < -0.4 is 10.6 Å². The van der Waals surface area contributed by atoms with Crippen LogP contribution in [0.15, 0.2) is 0 Å².